The van der Waals surface area contributed by atoms with Crippen LogP contribution >= 0.6 is 0 Å². The van der Waals surface area contributed by atoms with E-state index in [4.69, 9.17) is 5.11 Å². The first-order valence-corrected chi connectivity index (χ1v) is 7.52. The van der Waals surface area contributed by atoms with Gasteiger partial charge in [-0.2, -0.15) is 0 Å². The molecule has 8 nitrogen and oxygen atoms in total. The van der Waals surface area contributed by atoms with Gasteiger partial charge in [0.25, 0.3) is 0 Å². The van der Waals surface area contributed by atoms with Crippen molar-refractivity contribution in [3.8, 4) is 0 Å². The molecular formula is C15H20N6O2. The molecule has 0 radical (unpaired) electrons. The lowest BCUT2D eigenvalue weighted by atomic mass is 10.2. The minimum atomic E-state index is -0.112. The van der Waals surface area contributed by atoms with E-state index in [1.807, 2.05) is 11.6 Å². The third-order valence-electron chi connectivity index (χ3n) is 3.92. The summed E-state index contributed by atoms with van der Waals surface area (Å²) in [5.41, 5.74) is 1.54. The molecule has 0 spiro atoms. The number of carbonyl (C=O) groups excluding carboxylic acids is 1. The summed E-state index contributed by atoms with van der Waals surface area (Å²) in [6, 6.07) is 7.06. The highest BCUT2D eigenvalue weighted by atomic mass is 16.3. The molecule has 0 atom stereocenters. The summed E-state index contributed by atoms with van der Waals surface area (Å²) >= 11 is 0. The van der Waals surface area contributed by atoms with E-state index in [1.165, 1.54) is 0 Å². The summed E-state index contributed by atoms with van der Waals surface area (Å²) in [6.07, 6.45) is 1.67. The average Bonchev–Trinajstić information content (AvgIpc) is 3.02. The zero-order chi connectivity index (χ0) is 16.2. The third-order valence-corrected chi connectivity index (χ3v) is 3.92. The Kier molecular flexibility index (Phi) is 4.42. The molecule has 0 unspecified atom stereocenters. The lowest BCUT2D eigenvalue weighted by Gasteiger charge is -2.34. The number of aliphatic hydroxyl groups excluding tert-OH is 1. The summed E-state index contributed by atoms with van der Waals surface area (Å²) in [5.74, 6) is 0.824. The first-order valence-electron chi connectivity index (χ1n) is 7.52. The largest absolute Gasteiger partial charge is 0.392 e. The van der Waals surface area contributed by atoms with Crippen molar-refractivity contribution in [2.45, 2.75) is 6.61 Å². The van der Waals surface area contributed by atoms with E-state index in [2.05, 4.69) is 20.4 Å². The molecule has 2 N–H and O–H groups in total. The number of urea groups is 1. The number of aliphatic hydroxyl groups is 1. The topological polar surface area (TPSA) is 86.5 Å². The number of anilines is 2. The van der Waals surface area contributed by atoms with Crippen LogP contribution in [-0.2, 0) is 13.7 Å². The summed E-state index contributed by atoms with van der Waals surface area (Å²) in [4.78, 5) is 16.2. The van der Waals surface area contributed by atoms with Crippen LogP contribution in [0.4, 0.5) is 16.4 Å². The van der Waals surface area contributed by atoms with Crippen LogP contribution in [0.1, 0.15) is 5.56 Å². The Hall–Kier alpha value is -2.61. The summed E-state index contributed by atoms with van der Waals surface area (Å²) in [5, 5.41) is 19.9. The lowest BCUT2D eigenvalue weighted by molar-refractivity contribution is 0.208. The van der Waals surface area contributed by atoms with Gasteiger partial charge in [0.05, 0.1) is 6.61 Å². The van der Waals surface area contributed by atoms with Gasteiger partial charge in [0.1, 0.15) is 6.33 Å². The van der Waals surface area contributed by atoms with Crippen molar-refractivity contribution < 1.29 is 9.90 Å². The molecule has 2 heterocycles. The lowest BCUT2D eigenvalue weighted by Crippen LogP contribution is -2.50. The predicted molar refractivity (Wildman–Crippen MR) is 86.2 cm³/mol. The summed E-state index contributed by atoms with van der Waals surface area (Å²) < 4.78 is 1.87. The van der Waals surface area contributed by atoms with E-state index >= 15 is 0 Å². The number of nitrogens with zero attached hydrogens (tertiary/aromatic N) is 5. The second kappa shape index (κ2) is 6.66. The Morgan fingerprint density at radius 2 is 1.91 bits per heavy atom. The minimum absolute atomic E-state index is 0.00175. The first-order chi connectivity index (χ1) is 11.2. The fraction of sp³-hybridized carbons (Fsp3) is 0.400. The number of aromatic nitrogens is 3. The van der Waals surface area contributed by atoms with Gasteiger partial charge in [-0.3, -0.25) is 0 Å². The van der Waals surface area contributed by atoms with Gasteiger partial charge in [0.2, 0.25) is 5.95 Å². The van der Waals surface area contributed by atoms with Crippen molar-refractivity contribution in [1.82, 2.24) is 19.7 Å². The summed E-state index contributed by atoms with van der Waals surface area (Å²) in [7, 11) is 1.91. The fourth-order valence-electron chi connectivity index (χ4n) is 2.57. The second-order valence-corrected chi connectivity index (χ2v) is 5.50. The Balaban J connectivity index is 1.54. The molecule has 8 heteroatoms. The Labute approximate surface area is 134 Å². The number of benzene rings is 1. The zero-order valence-electron chi connectivity index (χ0n) is 13.0. The van der Waals surface area contributed by atoms with E-state index in [9.17, 15) is 4.79 Å². The molecule has 0 aliphatic carbocycles. The maximum Gasteiger partial charge on any atom is 0.321 e. The molecule has 0 bridgehead atoms. The van der Waals surface area contributed by atoms with Crippen LogP contribution in [0, 0.1) is 0 Å². The van der Waals surface area contributed by atoms with Crippen molar-refractivity contribution >= 4 is 17.7 Å². The molecule has 3 rings (SSSR count). The van der Waals surface area contributed by atoms with Crippen LogP contribution in [0.2, 0.25) is 0 Å². The maximum atomic E-state index is 12.3. The van der Waals surface area contributed by atoms with Crippen LogP contribution in [0.5, 0.6) is 0 Å². The highest BCUT2D eigenvalue weighted by Crippen LogP contribution is 2.14. The van der Waals surface area contributed by atoms with Gasteiger partial charge in [-0.05, 0) is 17.7 Å². The van der Waals surface area contributed by atoms with Gasteiger partial charge in [-0.25, -0.2) is 4.79 Å². The smallest absolute Gasteiger partial charge is 0.321 e. The molecule has 1 aromatic carbocycles. The van der Waals surface area contributed by atoms with E-state index < -0.39 is 0 Å². The number of carbonyl (C=O) groups is 1. The number of amides is 2. The third kappa shape index (κ3) is 3.42. The van der Waals surface area contributed by atoms with Crippen LogP contribution in [0.3, 0.4) is 0 Å². The normalized spacial score (nSPS) is 14.9. The zero-order valence-corrected chi connectivity index (χ0v) is 13.0. The Morgan fingerprint density at radius 1 is 1.22 bits per heavy atom. The molecule has 2 amide bonds. The maximum absolute atomic E-state index is 12.3. The van der Waals surface area contributed by atoms with Crippen LogP contribution in [0.15, 0.2) is 30.6 Å². The summed E-state index contributed by atoms with van der Waals surface area (Å²) in [6.45, 7) is 2.71. The van der Waals surface area contributed by atoms with Gasteiger partial charge in [0.15, 0.2) is 0 Å². The van der Waals surface area contributed by atoms with E-state index in [1.54, 1.807) is 35.5 Å². The number of nitrogens with one attached hydrogen (secondary N) is 1. The molecule has 1 fully saturated rings. The predicted octanol–water partition coefficient (Wildman–Crippen LogP) is 0.661. The molecule has 2 aromatic rings. The van der Waals surface area contributed by atoms with Crippen LogP contribution in [0.25, 0.3) is 0 Å². The van der Waals surface area contributed by atoms with Gasteiger partial charge in [-0.1, -0.05) is 12.1 Å². The highest BCUT2D eigenvalue weighted by Gasteiger charge is 2.23. The molecule has 23 heavy (non-hydrogen) atoms. The van der Waals surface area contributed by atoms with Gasteiger partial charge in [0, 0.05) is 38.9 Å². The fourth-order valence-corrected chi connectivity index (χ4v) is 2.57. The van der Waals surface area contributed by atoms with Crippen molar-refractivity contribution in [2.24, 2.45) is 7.05 Å². The van der Waals surface area contributed by atoms with E-state index in [0.29, 0.717) is 13.1 Å². The SMILES string of the molecule is Cn1cnnc1N1CCN(C(=O)Nc2ccc(CO)cc2)CC1. The first kappa shape index (κ1) is 15.3. The van der Waals surface area contributed by atoms with Crippen molar-refractivity contribution in [1.29, 1.82) is 0 Å². The number of rotatable bonds is 3. The second-order valence-electron chi connectivity index (χ2n) is 5.50. The molecule has 1 aliphatic heterocycles. The van der Waals surface area contributed by atoms with E-state index in [0.717, 1.165) is 30.3 Å². The monoisotopic (exact) mass is 316 g/mol. The molecule has 1 aromatic heterocycles. The number of hydrogen-bond acceptors (Lipinski definition) is 5. The number of piperazine rings is 1. The van der Waals surface area contributed by atoms with Crippen molar-refractivity contribution in [3.63, 3.8) is 0 Å². The standard InChI is InChI=1S/C15H20N6O2/c1-19-11-16-18-14(19)20-6-8-21(9-7-20)15(23)17-13-4-2-12(10-22)3-5-13/h2-5,11,22H,6-10H2,1H3,(H,17,23). The molecule has 1 saturated heterocycles. The quantitative estimate of drug-likeness (QED) is 0.869. The van der Waals surface area contributed by atoms with Gasteiger partial charge < -0.3 is 24.8 Å². The van der Waals surface area contributed by atoms with Crippen molar-refractivity contribution in [3.05, 3.63) is 36.2 Å². The number of aryl methyl sites for hydroxylation is 1. The van der Waals surface area contributed by atoms with E-state index in [-0.39, 0.29) is 12.6 Å². The Bertz CT molecular complexity index is 661. The molecule has 0 saturated carbocycles. The molecular weight excluding hydrogens is 296 g/mol. The van der Waals surface area contributed by atoms with Crippen LogP contribution in [-0.4, -0.2) is 57.0 Å². The molecule has 122 valence electrons. The minimum Gasteiger partial charge on any atom is -0.392 e. The van der Waals surface area contributed by atoms with Crippen LogP contribution < -0.4 is 10.2 Å². The van der Waals surface area contributed by atoms with Crippen molar-refractivity contribution in [2.75, 3.05) is 36.4 Å². The average molecular weight is 316 g/mol. The Morgan fingerprint density at radius 3 is 2.48 bits per heavy atom. The molecule has 1 aliphatic rings. The number of hydrogen-bond donors (Lipinski definition) is 2. The highest BCUT2D eigenvalue weighted by molar-refractivity contribution is 5.89. The van der Waals surface area contributed by atoms with Gasteiger partial charge in [-0.15, -0.1) is 10.2 Å². The van der Waals surface area contributed by atoms with Gasteiger partial charge >= 0.3 is 6.03 Å².